The van der Waals surface area contributed by atoms with Gasteiger partial charge in [0.25, 0.3) is 5.91 Å². The molecule has 1 aliphatic rings. The molecule has 0 aromatic heterocycles. The van der Waals surface area contributed by atoms with E-state index < -0.39 is 5.97 Å². The minimum absolute atomic E-state index is 0.0571. The van der Waals surface area contributed by atoms with Gasteiger partial charge in [0.2, 0.25) is 0 Å². The molecule has 0 bridgehead atoms. The predicted molar refractivity (Wildman–Crippen MR) is 106 cm³/mol. The Morgan fingerprint density at radius 2 is 1.89 bits per heavy atom. The Kier molecular flexibility index (Phi) is 6.42. The van der Waals surface area contributed by atoms with Gasteiger partial charge >= 0.3 is 5.97 Å². The van der Waals surface area contributed by atoms with Crippen molar-refractivity contribution in [1.82, 2.24) is 5.01 Å². The molecule has 0 aliphatic carbocycles. The number of amides is 1. The lowest BCUT2D eigenvalue weighted by atomic mass is 10.1. The molecule has 0 N–H and O–H groups in total. The van der Waals surface area contributed by atoms with E-state index in [1.807, 2.05) is 62.4 Å². The third-order valence-electron chi connectivity index (χ3n) is 4.17. The quantitative estimate of drug-likeness (QED) is 0.692. The van der Waals surface area contributed by atoms with E-state index in [-0.39, 0.29) is 25.0 Å². The average molecular weight is 380 g/mol. The van der Waals surface area contributed by atoms with Crippen LogP contribution in [0, 0.1) is 0 Å². The monoisotopic (exact) mass is 380 g/mol. The summed E-state index contributed by atoms with van der Waals surface area (Å²) in [4.78, 5) is 24.4. The topological polar surface area (TPSA) is 68.2 Å². The van der Waals surface area contributed by atoms with E-state index in [9.17, 15) is 9.59 Å². The highest BCUT2D eigenvalue weighted by Crippen LogP contribution is 2.16. The van der Waals surface area contributed by atoms with Crippen molar-refractivity contribution >= 4 is 17.6 Å². The summed E-state index contributed by atoms with van der Waals surface area (Å²) in [5.74, 6) is -0.0751. The van der Waals surface area contributed by atoms with Gasteiger partial charge < -0.3 is 9.47 Å². The summed E-state index contributed by atoms with van der Waals surface area (Å²) in [6.45, 7) is 4.06. The van der Waals surface area contributed by atoms with Gasteiger partial charge in [-0.15, -0.1) is 0 Å². The Morgan fingerprint density at radius 1 is 1.11 bits per heavy atom. The number of rotatable bonds is 7. The zero-order valence-corrected chi connectivity index (χ0v) is 16.1. The molecule has 0 unspecified atom stereocenters. The number of hydrogen-bond donors (Lipinski definition) is 0. The van der Waals surface area contributed by atoms with Crippen LogP contribution in [0.2, 0.25) is 0 Å². The SMILES string of the molecule is CC(C)Oc1cccc(CC(=O)OCC(=O)N2CCC(c3ccccc3)=N2)c1. The minimum Gasteiger partial charge on any atom is -0.491 e. The molecular weight excluding hydrogens is 356 g/mol. The van der Waals surface area contributed by atoms with Gasteiger partial charge in [-0.3, -0.25) is 9.59 Å². The van der Waals surface area contributed by atoms with Gasteiger partial charge in [-0.2, -0.15) is 5.10 Å². The fraction of sp³-hybridized carbons (Fsp3) is 0.318. The first kappa shape index (κ1) is 19.6. The van der Waals surface area contributed by atoms with E-state index >= 15 is 0 Å². The summed E-state index contributed by atoms with van der Waals surface area (Å²) in [6.07, 6.45) is 0.828. The third kappa shape index (κ3) is 5.42. The second kappa shape index (κ2) is 9.17. The van der Waals surface area contributed by atoms with E-state index in [2.05, 4.69) is 5.10 Å². The van der Waals surface area contributed by atoms with E-state index in [1.165, 1.54) is 5.01 Å². The van der Waals surface area contributed by atoms with E-state index in [1.54, 1.807) is 6.07 Å². The number of hydrogen-bond acceptors (Lipinski definition) is 5. The zero-order valence-electron chi connectivity index (χ0n) is 16.1. The number of carbonyl (C=O) groups excluding carboxylic acids is 2. The summed E-state index contributed by atoms with van der Waals surface area (Å²) in [5.41, 5.74) is 2.64. The lowest BCUT2D eigenvalue weighted by Gasteiger charge is -2.12. The molecule has 6 nitrogen and oxygen atoms in total. The molecular formula is C22H24N2O4. The molecule has 0 atom stereocenters. The summed E-state index contributed by atoms with van der Waals surface area (Å²) >= 11 is 0. The van der Waals surface area contributed by atoms with Gasteiger partial charge in [-0.1, -0.05) is 42.5 Å². The molecule has 0 spiro atoms. The van der Waals surface area contributed by atoms with Crippen LogP contribution in [-0.4, -0.2) is 41.9 Å². The van der Waals surface area contributed by atoms with Crippen LogP contribution in [0.5, 0.6) is 5.75 Å². The Bertz CT molecular complexity index is 862. The molecule has 146 valence electrons. The van der Waals surface area contributed by atoms with Crippen molar-refractivity contribution in [3.8, 4) is 5.75 Å². The first-order chi connectivity index (χ1) is 13.5. The van der Waals surface area contributed by atoms with Gasteiger partial charge in [0.15, 0.2) is 6.61 Å². The van der Waals surface area contributed by atoms with Crippen molar-refractivity contribution in [3.05, 3.63) is 65.7 Å². The van der Waals surface area contributed by atoms with E-state index in [0.717, 1.165) is 16.8 Å². The fourth-order valence-corrected chi connectivity index (χ4v) is 2.91. The smallest absolute Gasteiger partial charge is 0.310 e. The summed E-state index contributed by atoms with van der Waals surface area (Å²) in [5, 5.41) is 5.72. The lowest BCUT2D eigenvalue weighted by molar-refractivity contribution is -0.151. The van der Waals surface area contributed by atoms with Gasteiger partial charge in [-0.05, 0) is 37.1 Å². The molecule has 1 aliphatic heterocycles. The Labute approximate surface area is 164 Å². The summed E-state index contributed by atoms with van der Waals surface area (Å²) in [6, 6.07) is 17.0. The van der Waals surface area contributed by atoms with Crippen LogP contribution in [-0.2, 0) is 20.7 Å². The fourth-order valence-electron chi connectivity index (χ4n) is 2.91. The molecule has 0 saturated heterocycles. The van der Waals surface area contributed by atoms with Crippen molar-refractivity contribution in [2.75, 3.05) is 13.2 Å². The number of hydrazone groups is 1. The van der Waals surface area contributed by atoms with Crippen molar-refractivity contribution in [1.29, 1.82) is 0 Å². The first-order valence-electron chi connectivity index (χ1n) is 9.36. The molecule has 1 amide bonds. The van der Waals surface area contributed by atoms with Gasteiger partial charge in [0.1, 0.15) is 5.75 Å². The first-order valence-corrected chi connectivity index (χ1v) is 9.36. The highest BCUT2D eigenvalue weighted by Gasteiger charge is 2.22. The Morgan fingerprint density at radius 3 is 2.64 bits per heavy atom. The van der Waals surface area contributed by atoms with Crippen molar-refractivity contribution in [2.24, 2.45) is 5.10 Å². The molecule has 1 heterocycles. The van der Waals surface area contributed by atoms with Gasteiger partial charge in [0.05, 0.1) is 24.8 Å². The van der Waals surface area contributed by atoms with Crippen molar-refractivity contribution in [2.45, 2.75) is 32.8 Å². The number of ether oxygens (including phenoxy) is 2. The summed E-state index contributed by atoms with van der Waals surface area (Å²) < 4.78 is 10.8. The Hall–Kier alpha value is -3.15. The van der Waals surface area contributed by atoms with E-state index in [0.29, 0.717) is 18.7 Å². The number of carbonyl (C=O) groups is 2. The maximum Gasteiger partial charge on any atom is 0.310 e. The second-order valence-electron chi connectivity index (χ2n) is 6.83. The molecule has 2 aromatic rings. The highest BCUT2D eigenvalue weighted by atomic mass is 16.5. The van der Waals surface area contributed by atoms with Crippen LogP contribution in [0.3, 0.4) is 0 Å². The standard InChI is InChI=1S/C22H24N2O4/c1-16(2)28-19-10-6-7-17(13-19)14-22(26)27-15-21(25)24-12-11-20(23-24)18-8-4-3-5-9-18/h3-10,13,16H,11-12,14-15H2,1-2H3. The molecule has 28 heavy (non-hydrogen) atoms. The minimum atomic E-state index is -0.457. The van der Waals surface area contributed by atoms with Gasteiger partial charge in [-0.25, -0.2) is 5.01 Å². The number of nitrogens with zero attached hydrogens (tertiary/aromatic N) is 2. The van der Waals surface area contributed by atoms with E-state index in [4.69, 9.17) is 9.47 Å². The van der Waals surface area contributed by atoms with Crippen molar-refractivity contribution < 1.29 is 19.1 Å². The molecule has 3 rings (SSSR count). The maximum absolute atomic E-state index is 12.3. The van der Waals surface area contributed by atoms with Crippen molar-refractivity contribution in [3.63, 3.8) is 0 Å². The van der Waals surface area contributed by atoms with Crippen LogP contribution in [0.25, 0.3) is 0 Å². The van der Waals surface area contributed by atoms with Crippen LogP contribution in [0.15, 0.2) is 59.7 Å². The molecule has 0 radical (unpaired) electrons. The zero-order chi connectivity index (χ0) is 19.9. The highest BCUT2D eigenvalue weighted by molar-refractivity contribution is 6.02. The summed E-state index contributed by atoms with van der Waals surface area (Å²) in [7, 11) is 0. The van der Waals surface area contributed by atoms with Crippen LogP contribution >= 0.6 is 0 Å². The van der Waals surface area contributed by atoms with Crippen LogP contribution in [0.1, 0.15) is 31.4 Å². The number of esters is 1. The third-order valence-corrected chi connectivity index (χ3v) is 4.17. The molecule has 6 heteroatoms. The molecule has 2 aromatic carbocycles. The molecule has 0 fully saturated rings. The largest absolute Gasteiger partial charge is 0.491 e. The predicted octanol–water partition coefficient (Wildman–Crippen LogP) is 3.20. The normalized spacial score (nSPS) is 13.4. The maximum atomic E-state index is 12.3. The average Bonchev–Trinajstić information content (AvgIpc) is 3.17. The Balaban J connectivity index is 1.50. The van der Waals surface area contributed by atoms with Crippen LogP contribution < -0.4 is 4.74 Å². The lowest BCUT2D eigenvalue weighted by Crippen LogP contribution is -2.29. The second-order valence-corrected chi connectivity index (χ2v) is 6.83. The number of benzene rings is 2. The van der Waals surface area contributed by atoms with Crippen LogP contribution in [0.4, 0.5) is 0 Å². The molecule has 0 saturated carbocycles. The van der Waals surface area contributed by atoms with Gasteiger partial charge in [0, 0.05) is 6.42 Å².